The predicted molar refractivity (Wildman–Crippen MR) is 102 cm³/mol. The van der Waals surface area contributed by atoms with Gasteiger partial charge in [0, 0.05) is 7.05 Å². The van der Waals surface area contributed by atoms with Crippen LogP contribution in [0.5, 0.6) is 5.75 Å². The molecule has 1 unspecified atom stereocenters. The summed E-state index contributed by atoms with van der Waals surface area (Å²) >= 11 is 5.90. The van der Waals surface area contributed by atoms with Gasteiger partial charge in [0.2, 0.25) is 10.0 Å². The molecule has 0 aliphatic rings. The third kappa shape index (κ3) is 4.72. The van der Waals surface area contributed by atoms with Gasteiger partial charge in [-0.1, -0.05) is 41.9 Å². The Morgan fingerprint density at radius 1 is 1.14 bits per heavy atom. The minimum Gasteiger partial charge on any atom is -0.433 e. The van der Waals surface area contributed by atoms with E-state index in [-0.39, 0.29) is 15.7 Å². The maximum absolute atomic E-state index is 13.0. The number of nitrogens with one attached hydrogen (secondary N) is 1. The van der Waals surface area contributed by atoms with Crippen molar-refractivity contribution in [2.45, 2.75) is 24.5 Å². The molecule has 7 nitrogen and oxygen atoms in total. The van der Waals surface area contributed by atoms with Gasteiger partial charge in [-0.2, -0.15) is 13.5 Å². The van der Waals surface area contributed by atoms with Crippen LogP contribution in [0.25, 0.3) is 0 Å². The molecule has 0 saturated carbocycles. The molecule has 1 heterocycles. The summed E-state index contributed by atoms with van der Waals surface area (Å²) in [5, 5.41) is 7.83. The summed E-state index contributed by atoms with van der Waals surface area (Å²) in [5.74, 6) is 0.682. The fraction of sp³-hybridized carbons (Fsp3) is 0.222. The molecule has 154 valence electrons. The Hall–Kier alpha value is -2.56. The van der Waals surface area contributed by atoms with Crippen molar-refractivity contribution >= 4 is 21.6 Å². The summed E-state index contributed by atoms with van der Waals surface area (Å²) in [6.07, 6.45) is 0. The highest BCUT2D eigenvalue weighted by molar-refractivity contribution is 7.89. The lowest BCUT2D eigenvalue weighted by atomic mass is 10.1. The van der Waals surface area contributed by atoms with Gasteiger partial charge in [0.25, 0.3) is 0 Å². The minimum absolute atomic E-state index is 0.205. The molecule has 0 aliphatic carbocycles. The maximum atomic E-state index is 13.0. The van der Waals surface area contributed by atoms with Gasteiger partial charge in [-0.3, -0.25) is 0 Å². The van der Waals surface area contributed by atoms with Gasteiger partial charge in [0.05, 0.1) is 9.92 Å². The zero-order valence-corrected chi connectivity index (χ0v) is 17.0. The smallest absolute Gasteiger partial charge is 0.387 e. The number of nitrogens with zero attached hydrogens (tertiary/aromatic N) is 3. The van der Waals surface area contributed by atoms with Crippen LogP contribution in [0.1, 0.15) is 23.3 Å². The van der Waals surface area contributed by atoms with Gasteiger partial charge in [0.15, 0.2) is 5.82 Å². The van der Waals surface area contributed by atoms with Crippen molar-refractivity contribution in [2.75, 3.05) is 0 Å². The van der Waals surface area contributed by atoms with E-state index >= 15 is 0 Å². The molecule has 1 aromatic heterocycles. The first-order valence-electron chi connectivity index (χ1n) is 8.36. The van der Waals surface area contributed by atoms with Gasteiger partial charge in [0.1, 0.15) is 17.6 Å². The van der Waals surface area contributed by atoms with Crippen LogP contribution in [0.2, 0.25) is 5.02 Å². The second-order valence-corrected chi connectivity index (χ2v) is 8.22. The van der Waals surface area contributed by atoms with Crippen molar-refractivity contribution in [3.05, 3.63) is 70.8 Å². The summed E-state index contributed by atoms with van der Waals surface area (Å²) in [7, 11) is -2.37. The number of halogens is 3. The molecule has 0 radical (unpaired) electrons. The highest BCUT2D eigenvalue weighted by atomic mass is 35.5. The summed E-state index contributed by atoms with van der Waals surface area (Å²) in [5.41, 5.74) is 0.648. The zero-order chi connectivity index (χ0) is 21.2. The second-order valence-electron chi connectivity index (χ2n) is 6.10. The Bertz CT molecular complexity index is 1110. The molecule has 2 aromatic carbocycles. The highest BCUT2D eigenvalue weighted by Crippen LogP contribution is 2.30. The van der Waals surface area contributed by atoms with Crippen LogP contribution in [-0.2, 0) is 17.1 Å². The van der Waals surface area contributed by atoms with Crippen LogP contribution in [0.3, 0.4) is 0 Å². The number of rotatable bonds is 7. The van der Waals surface area contributed by atoms with E-state index in [0.717, 1.165) is 18.2 Å². The Labute approximate surface area is 171 Å². The Kier molecular flexibility index (Phi) is 6.15. The molecule has 1 N–H and O–H groups in total. The first-order valence-corrected chi connectivity index (χ1v) is 10.2. The summed E-state index contributed by atoms with van der Waals surface area (Å²) in [4.78, 5) is -0.205. The van der Waals surface area contributed by atoms with E-state index in [1.54, 1.807) is 48.9 Å². The second kappa shape index (κ2) is 8.44. The SMILES string of the molecule is Cc1nnc(C(NS(=O)(=O)c2ccc(OC(F)F)c(Cl)c2)c2ccccc2)n1C. The van der Waals surface area contributed by atoms with Crippen LogP contribution in [0, 0.1) is 6.92 Å². The number of ether oxygens (including phenoxy) is 1. The summed E-state index contributed by atoms with van der Waals surface area (Å²) < 4.78 is 59.3. The first-order chi connectivity index (χ1) is 13.7. The van der Waals surface area contributed by atoms with Crippen molar-refractivity contribution in [1.29, 1.82) is 0 Å². The van der Waals surface area contributed by atoms with Gasteiger partial charge in [-0.05, 0) is 30.7 Å². The molecule has 0 amide bonds. The van der Waals surface area contributed by atoms with Crippen LogP contribution in [0.4, 0.5) is 8.78 Å². The van der Waals surface area contributed by atoms with E-state index in [0.29, 0.717) is 17.2 Å². The summed E-state index contributed by atoms with van der Waals surface area (Å²) in [6.45, 7) is -1.33. The number of alkyl halides is 2. The number of aryl methyl sites for hydroxylation is 1. The molecule has 0 fully saturated rings. The third-order valence-corrected chi connectivity index (χ3v) is 5.94. The third-order valence-electron chi connectivity index (χ3n) is 4.22. The fourth-order valence-corrected chi connectivity index (χ4v) is 4.15. The number of sulfonamides is 1. The minimum atomic E-state index is -4.09. The average molecular weight is 443 g/mol. The molecule has 0 spiro atoms. The first kappa shape index (κ1) is 21.2. The van der Waals surface area contributed by atoms with E-state index in [4.69, 9.17) is 11.6 Å². The number of benzene rings is 2. The van der Waals surface area contributed by atoms with Crippen molar-refractivity contribution in [3.8, 4) is 5.75 Å². The van der Waals surface area contributed by atoms with Gasteiger partial charge in [-0.15, -0.1) is 10.2 Å². The van der Waals surface area contributed by atoms with Crippen molar-refractivity contribution < 1.29 is 21.9 Å². The number of hydrogen-bond acceptors (Lipinski definition) is 5. The molecule has 3 rings (SSSR count). The molecule has 0 aliphatic heterocycles. The summed E-state index contributed by atoms with van der Waals surface area (Å²) in [6, 6.07) is 11.3. The van der Waals surface area contributed by atoms with Crippen LogP contribution in [-0.4, -0.2) is 29.8 Å². The predicted octanol–water partition coefficient (Wildman–Crippen LogP) is 3.45. The highest BCUT2D eigenvalue weighted by Gasteiger charge is 2.27. The lowest BCUT2D eigenvalue weighted by molar-refractivity contribution is -0.0498. The lowest BCUT2D eigenvalue weighted by Crippen LogP contribution is -2.31. The topological polar surface area (TPSA) is 86.1 Å². The molecule has 11 heteroatoms. The Morgan fingerprint density at radius 2 is 1.83 bits per heavy atom. The van der Waals surface area contributed by atoms with Crippen molar-refractivity contribution in [1.82, 2.24) is 19.5 Å². The Balaban J connectivity index is 1.99. The molecule has 0 saturated heterocycles. The lowest BCUT2D eigenvalue weighted by Gasteiger charge is -2.19. The monoisotopic (exact) mass is 442 g/mol. The normalized spacial score (nSPS) is 12.9. The standard InChI is InChI=1S/C18H17ClF2N4O3S/c1-11-22-23-17(25(11)2)16(12-6-4-3-5-7-12)24-29(26,27)13-8-9-15(14(19)10-13)28-18(20)21/h3-10,16,18,24H,1-2H3. The van der Waals surface area contributed by atoms with Crippen molar-refractivity contribution in [3.63, 3.8) is 0 Å². The van der Waals surface area contributed by atoms with Crippen LogP contribution >= 0.6 is 11.6 Å². The fourth-order valence-electron chi connectivity index (χ4n) is 2.65. The molecule has 3 aromatic rings. The van der Waals surface area contributed by atoms with Crippen molar-refractivity contribution in [2.24, 2.45) is 7.05 Å². The molecular weight excluding hydrogens is 426 g/mol. The van der Waals surface area contributed by atoms with Crippen LogP contribution in [0.15, 0.2) is 53.4 Å². The average Bonchev–Trinajstić information content (AvgIpc) is 3.00. The van der Waals surface area contributed by atoms with Gasteiger partial charge in [-0.25, -0.2) is 8.42 Å². The zero-order valence-electron chi connectivity index (χ0n) is 15.4. The number of aromatic nitrogens is 3. The van der Waals surface area contributed by atoms with E-state index in [2.05, 4.69) is 19.7 Å². The molecule has 1 atom stereocenters. The van der Waals surface area contributed by atoms with E-state index < -0.39 is 22.7 Å². The van der Waals surface area contributed by atoms with Crippen LogP contribution < -0.4 is 9.46 Å². The molecule has 29 heavy (non-hydrogen) atoms. The molecule has 0 bridgehead atoms. The Morgan fingerprint density at radius 3 is 2.38 bits per heavy atom. The largest absolute Gasteiger partial charge is 0.433 e. The van der Waals surface area contributed by atoms with E-state index in [9.17, 15) is 17.2 Å². The maximum Gasteiger partial charge on any atom is 0.387 e. The van der Waals surface area contributed by atoms with E-state index in [1.165, 1.54) is 0 Å². The van der Waals surface area contributed by atoms with E-state index in [1.807, 2.05) is 0 Å². The van der Waals surface area contributed by atoms with Gasteiger partial charge >= 0.3 is 6.61 Å². The number of hydrogen-bond donors (Lipinski definition) is 1. The van der Waals surface area contributed by atoms with Gasteiger partial charge < -0.3 is 9.30 Å². The quantitative estimate of drug-likeness (QED) is 0.605. The molecular formula is C18H17ClF2N4O3S.